The van der Waals surface area contributed by atoms with Gasteiger partial charge >= 0.3 is 0 Å². The molecule has 0 bridgehead atoms. The van der Waals surface area contributed by atoms with E-state index >= 15 is 0 Å². The van der Waals surface area contributed by atoms with Gasteiger partial charge in [-0.15, -0.1) is 0 Å². The van der Waals surface area contributed by atoms with Crippen LogP contribution < -0.4 is 14.8 Å². The molecule has 32 heavy (non-hydrogen) atoms. The van der Waals surface area contributed by atoms with Crippen molar-refractivity contribution >= 4 is 11.8 Å². The summed E-state index contributed by atoms with van der Waals surface area (Å²) in [7, 11) is 0. The first-order chi connectivity index (χ1) is 15.6. The van der Waals surface area contributed by atoms with Crippen molar-refractivity contribution in [1.82, 2.24) is 10.2 Å². The number of hydrogen-bond acceptors (Lipinski definition) is 4. The van der Waals surface area contributed by atoms with E-state index in [-0.39, 0.29) is 24.5 Å². The molecule has 1 aliphatic rings. The van der Waals surface area contributed by atoms with Crippen molar-refractivity contribution in [2.24, 2.45) is 0 Å². The molecule has 2 aromatic rings. The van der Waals surface area contributed by atoms with Gasteiger partial charge in [0.2, 0.25) is 0 Å². The highest BCUT2D eigenvalue weighted by molar-refractivity contribution is 5.95. The molecule has 0 aromatic heterocycles. The predicted molar refractivity (Wildman–Crippen MR) is 125 cm³/mol. The third kappa shape index (κ3) is 6.49. The SMILES string of the molecule is CCCC(NC(=O)c1ccc(OCC(=O)N2CCCCC2)c(OCC)c1)c1ccccc1. The van der Waals surface area contributed by atoms with Crippen molar-refractivity contribution in [3.05, 3.63) is 59.7 Å². The van der Waals surface area contributed by atoms with Crippen LogP contribution in [0.3, 0.4) is 0 Å². The second-order valence-corrected chi connectivity index (χ2v) is 8.05. The lowest BCUT2D eigenvalue weighted by molar-refractivity contribution is -0.134. The summed E-state index contributed by atoms with van der Waals surface area (Å²) in [6.07, 6.45) is 5.07. The number of piperidine rings is 1. The fourth-order valence-electron chi connectivity index (χ4n) is 3.95. The van der Waals surface area contributed by atoms with E-state index in [4.69, 9.17) is 9.47 Å². The van der Waals surface area contributed by atoms with Crippen LogP contribution >= 0.6 is 0 Å². The zero-order valence-electron chi connectivity index (χ0n) is 19.1. The van der Waals surface area contributed by atoms with Gasteiger partial charge in [-0.1, -0.05) is 43.7 Å². The molecule has 1 heterocycles. The number of nitrogens with zero attached hydrogens (tertiary/aromatic N) is 1. The number of hydrogen-bond donors (Lipinski definition) is 1. The van der Waals surface area contributed by atoms with Crippen molar-refractivity contribution < 1.29 is 19.1 Å². The lowest BCUT2D eigenvalue weighted by Crippen LogP contribution is -2.38. The van der Waals surface area contributed by atoms with Crippen LogP contribution in [0.1, 0.15) is 67.9 Å². The van der Waals surface area contributed by atoms with Gasteiger partial charge in [0, 0.05) is 18.7 Å². The average molecular weight is 439 g/mol. The zero-order valence-corrected chi connectivity index (χ0v) is 19.1. The Morgan fingerprint density at radius 2 is 1.72 bits per heavy atom. The molecule has 1 saturated heterocycles. The molecule has 6 nitrogen and oxygen atoms in total. The summed E-state index contributed by atoms with van der Waals surface area (Å²) in [5.74, 6) is 0.767. The molecule has 1 unspecified atom stereocenters. The number of amides is 2. The first-order valence-corrected chi connectivity index (χ1v) is 11.7. The predicted octanol–water partition coefficient (Wildman–Crippen LogP) is 4.75. The Morgan fingerprint density at radius 3 is 2.41 bits per heavy atom. The van der Waals surface area contributed by atoms with Crippen LogP contribution in [0.5, 0.6) is 11.5 Å². The number of nitrogens with one attached hydrogen (secondary N) is 1. The smallest absolute Gasteiger partial charge is 0.260 e. The molecular weight excluding hydrogens is 404 g/mol. The quantitative estimate of drug-likeness (QED) is 0.581. The highest BCUT2D eigenvalue weighted by Gasteiger charge is 2.19. The Bertz CT molecular complexity index is 879. The van der Waals surface area contributed by atoms with Crippen LogP contribution in [-0.4, -0.2) is 43.0 Å². The third-order valence-electron chi connectivity index (χ3n) is 5.65. The Morgan fingerprint density at radius 1 is 0.969 bits per heavy atom. The van der Waals surface area contributed by atoms with E-state index in [0.717, 1.165) is 44.3 Å². The molecule has 172 valence electrons. The molecule has 1 fully saturated rings. The van der Waals surface area contributed by atoms with Gasteiger partial charge in [0.1, 0.15) is 0 Å². The number of ether oxygens (including phenoxy) is 2. The number of carbonyl (C=O) groups excluding carboxylic acids is 2. The number of rotatable bonds is 10. The van der Waals surface area contributed by atoms with E-state index in [1.165, 1.54) is 6.42 Å². The van der Waals surface area contributed by atoms with Crippen LogP contribution in [0.15, 0.2) is 48.5 Å². The van der Waals surface area contributed by atoms with Crippen LogP contribution in [0.2, 0.25) is 0 Å². The maximum absolute atomic E-state index is 13.0. The minimum atomic E-state index is -0.163. The second-order valence-electron chi connectivity index (χ2n) is 8.05. The Hall–Kier alpha value is -3.02. The molecular formula is C26H34N2O4. The van der Waals surface area contributed by atoms with E-state index in [1.54, 1.807) is 18.2 Å². The second kappa shape index (κ2) is 12.1. The molecule has 1 N–H and O–H groups in total. The molecule has 2 aromatic carbocycles. The first-order valence-electron chi connectivity index (χ1n) is 11.7. The largest absolute Gasteiger partial charge is 0.490 e. The van der Waals surface area contributed by atoms with Gasteiger partial charge in [-0.3, -0.25) is 9.59 Å². The van der Waals surface area contributed by atoms with Crippen molar-refractivity contribution in [1.29, 1.82) is 0 Å². The maximum Gasteiger partial charge on any atom is 0.260 e. The number of benzene rings is 2. The number of likely N-dealkylation sites (tertiary alicyclic amines) is 1. The van der Waals surface area contributed by atoms with Gasteiger partial charge < -0.3 is 19.7 Å². The fourth-order valence-corrected chi connectivity index (χ4v) is 3.95. The van der Waals surface area contributed by atoms with Gasteiger partial charge in [0.25, 0.3) is 11.8 Å². The molecule has 0 aliphatic carbocycles. The molecule has 0 saturated carbocycles. The summed E-state index contributed by atoms with van der Waals surface area (Å²) < 4.78 is 11.5. The van der Waals surface area contributed by atoms with E-state index in [9.17, 15) is 9.59 Å². The van der Waals surface area contributed by atoms with E-state index in [0.29, 0.717) is 23.7 Å². The molecule has 3 rings (SSSR count). The van der Waals surface area contributed by atoms with Gasteiger partial charge in [0.15, 0.2) is 18.1 Å². The Kier molecular flexibility index (Phi) is 8.96. The van der Waals surface area contributed by atoms with Crippen LogP contribution in [0.4, 0.5) is 0 Å². The highest BCUT2D eigenvalue weighted by Crippen LogP contribution is 2.29. The summed E-state index contributed by atoms with van der Waals surface area (Å²) in [6.45, 7) is 5.97. The van der Waals surface area contributed by atoms with Crippen molar-refractivity contribution in [3.8, 4) is 11.5 Å². The molecule has 1 atom stereocenters. The summed E-state index contributed by atoms with van der Waals surface area (Å²) in [5.41, 5.74) is 1.59. The van der Waals surface area contributed by atoms with Crippen LogP contribution in [-0.2, 0) is 4.79 Å². The van der Waals surface area contributed by atoms with Crippen molar-refractivity contribution in [2.75, 3.05) is 26.3 Å². The van der Waals surface area contributed by atoms with E-state index < -0.39 is 0 Å². The normalized spacial score (nSPS) is 14.5. The minimum Gasteiger partial charge on any atom is -0.490 e. The maximum atomic E-state index is 13.0. The van der Waals surface area contributed by atoms with Crippen LogP contribution in [0, 0.1) is 0 Å². The lowest BCUT2D eigenvalue weighted by Gasteiger charge is -2.26. The Balaban J connectivity index is 1.68. The third-order valence-corrected chi connectivity index (χ3v) is 5.65. The lowest BCUT2D eigenvalue weighted by atomic mass is 10.0. The van der Waals surface area contributed by atoms with E-state index in [1.807, 2.05) is 42.2 Å². The first kappa shape index (κ1) is 23.6. The van der Waals surface area contributed by atoms with Gasteiger partial charge in [-0.25, -0.2) is 0 Å². The summed E-state index contributed by atoms with van der Waals surface area (Å²) in [6, 6.07) is 15.1. The molecule has 1 aliphatic heterocycles. The average Bonchev–Trinajstić information content (AvgIpc) is 2.84. The van der Waals surface area contributed by atoms with Crippen molar-refractivity contribution in [3.63, 3.8) is 0 Å². The molecule has 0 radical (unpaired) electrons. The zero-order chi connectivity index (χ0) is 22.8. The summed E-state index contributed by atoms with van der Waals surface area (Å²) in [5, 5.41) is 3.14. The molecule has 0 spiro atoms. The van der Waals surface area contributed by atoms with Gasteiger partial charge in [-0.05, 0) is 56.4 Å². The van der Waals surface area contributed by atoms with Crippen LogP contribution in [0.25, 0.3) is 0 Å². The fraction of sp³-hybridized carbons (Fsp3) is 0.462. The number of carbonyl (C=O) groups is 2. The van der Waals surface area contributed by atoms with Gasteiger partial charge in [-0.2, -0.15) is 0 Å². The topological polar surface area (TPSA) is 67.9 Å². The van der Waals surface area contributed by atoms with Crippen molar-refractivity contribution in [2.45, 2.75) is 52.0 Å². The summed E-state index contributed by atoms with van der Waals surface area (Å²) in [4.78, 5) is 27.3. The highest BCUT2D eigenvalue weighted by atomic mass is 16.5. The standard InChI is InChI=1S/C26H34N2O4/c1-3-11-22(20-12-7-5-8-13-20)27-26(30)21-14-15-23(24(18-21)31-4-2)32-19-25(29)28-16-9-6-10-17-28/h5,7-8,12-15,18,22H,3-4,6,9-11,16-17,19H2,1-2H3,(H,27,30). The molecule has 6 heteroatoms. The van der Waals surface area contributed by atoms with E-state index in [2.05, 4.69) is 12.2 Å². The minimum absolute atomic E-state index is 0.0146. The monoisotopic (exact) mass is 438 g/mol. The van der Waals surface area contributed by atoms with Gasteiger partial charge in [0.05, 0.1) is 12.6 Å². The summed E-state index contributed by atoms with van der Waals surface area (Å²) >= 11 is 0. The molecule has 2 amide bonds. The Labute approximate surface area is 190 Å².